The Morgan fingerprint density at radius 2 is 2.00 bits per heavy atom. The van der Waals surface area contributed by atoms with Crippen molar-refractivity contribution in [2.45, 2.75) is 52.2 Å². The standard InChI is InChI=1S/C27H27N7O2/c1-5-12-27(3,4)36-23-9-7-6-8-19(23)17(2)34-24-21(31-26(34)35)15-29-25(32-24)33-16-30-20-11-10-18(14-28)13-22(20)33/h6-11,13,15-17H,5,12H2,1-4H3,(H,31,35). The number of imidazole rings is 2. The van der Waals surface area contributed by atoms with E-state index in [9.17, 15) is 10.1 Å². The highest BCUT2D eigenvalue weighted by Gasteiger charge is 2.24. The van der Waals surface area contributed by atoms with E-state index >= 15 is 0 Å². The number of rotatable bonds is 7. The summed E-state index contributed by atoms with van der Waals surface area (Å²) in [5, 5.41) is 9.31. The summed E-state index contributed by atoms with van der Waals surface area (Å²) in [4.78, 5) is 29.6. The van der Waals surface area contributed by atoms with Crippen molar-refractivity contribution in [3.63, 3.8) is 0 Å². The predicted molar refractivity (Wildman–Crippen MR) is 137 cm³/mol. The van der Waals surface area contributed by atoms with E-state index in [4.69, 9.17) is 9.72 Å². The van der Waals surface area contributed by atoms with E-state index in [-0.39, 0.29) is 17.3 Å². The van der Waals surface area contributed by atoms with Crippen molar-refractivity contribution in [1.82, 2.24) is 29.1 Å². The van der Waals surface area contributed by atoms with E-state index in [1.54, 1.807) is 39.9 Å². The van der Waals surface area contributed by atoms with E-state index in [0.717, 1.165) is 29.7 Å². The molecule has 9 nitrogen and oxygen atoms in total. The molecule has 0 aliphatic carbocycles. The minimum absolute atomic E-state index is 0.283. The van der Waals surface area contributed by atoms with Gasteiger partial charge in [0.25, 0.3) is 0 Å². The topological polar surface area (TPSA) is 114 Å². The van der Waals surface area contributed by atoms with Crippen molar-refractivity contribution < 1.29 is 4.74 Å². The Kier molecular flexibility index (Phi) is 5.80. The lowest BCUT2D eigenvalue weighted by atomic mass is 10.0. The number of hydrogen-bond donors (Lipinski definition) is 1. The van der Waals surface area contributed by atoms with Crippen LogP contribution in [-0.2, 0) is 0 Å². The summed E-state index contributed by atoms with van der Waals surface area (Å²) < 4.78 is 9.74. The number of nitrogens with one attached hydrogen (secondary N) is 1. The van der Waals surface area contributed by atoms with Crippen LogP contribution in [0.25, 0.3) is 28.1 Å². The van der Waals surface area contributed by atoms with Gasteiger partial charge in [0.15, 0.2) is 5.65 Å². The highest BCUT2D eigenvalue weighted by Crippen LogP contribution is 2.32. The normalized spacial score (nSPS) is 12.6. The Morgan fingerprint density at radius 1 is 1.19 bits per heavy atom. The fourth-order valence-corrected chi connectivity index (χ4v) is 4.63. The fraction of sp³-hybridized carbons (Fsp3) is 0.296. The quantitative estimate of drug-likeness (QED) is 0.354. The number of aromatic nitrogens is 6. The zero-order valence-electron chi connectivity index (χ0n) is 20.7. The first kappa shape index (κ1) is 23.3. The Morgan fingerprint density at radius 3 is 2.78 bits per heavy atom. The molecule has 0 aliphatic heterocycles. The molecule has 36 heavy (non-hydrogen) atoms. The number of H-pyrrole nitrogens is 1. The van der Waals surface area contributed by atoms with Crippen LogP contribution in [0, 0.1) is 11.3 Å². The predicted octanol–water partition coefficient (Wildman–Crippen LogP) is 4.90. The molecule has 5 rings (SSSR count). The van der Waals surface area contributed by atoms with Crippen LogP contribution in [0.15, 0.2) is 59.8 Å². The maximum absolute atomic E-state index is 13.1. The first-order chi connectivity index (χ1) is 17.3. The van der Waals surface area contributed by atoms with E-state index in [0.29, 0.717) is 28.2 Å². The largest absolute Gasteiger partial charge is 0.488 e. The molecule has 1 atom stereocenters. The lowest BCUT2D eigenvalue weighted by molar-refractivity contribution is 0.0966. The highest BCUT2D eigenvalue weighted by atomic mass is 16.5. The number of fused-ring (bicyclic) bond motifs is 2. The summed E-state index contributed by atoms with van der Waals surface area (Å²) in [6.45, 7) is 8.23. The van der Waals surface area contributed by atoms with Gasteiger partial charge in [-0.2, -0.15) is 10.2 Å². The minimum Gasteiger partial charge on any atom is -0.488 e. The van der Waals surface area contributed by atoms with Crippen LogP contribution >= 0.6 is 0 Å². The van der Waals surface area contributed by atoms with Crippen molar-refractivity contribution in [2.24, 2.45) is 0 Å². The molecule has 0 aliphatic rings. The van der Waals surface area contributed by atoms with Crippen LogP contribution in [0.3, 0.4) is 0 Å². The zero-order chi connectivity index (χ0) is 25.4. The Labute approximate surface area is 208 Å². The summed E-state index contributed by atoms with van der Waals surface area (Å²) in [6.07, 6.45) is 5.12. The maximum Gasteiger partial charge on any atom is 0.328 e. The lowest BCUT2D eigenvalue weighted by Gasteiger charge is -2.28. The van der Waals surface area contributed by atoms with Crippen molar-refractivity contribution in [3.05, 3.63) is 76.6 Å². The molecule has 0 bridgehead atoms. The monoisotopic (exact) mass is 481 g/mol. The summed E-state index contributed by atoms with van der Waals surface area (Å²) in [7, 11) is 0. The first-order valence-electron chi connectivity index (χ1n) is 11.9. The maximum atomic E-state index is 13.1. The number of para-hydroxylation sites is 1. The van der Waals surface area contributed by atoms with Gasteiger partial charge in [-0.25, -0.2) is 14.8 Å². The van der Waals surface area contributed by atoms with Gasteiger partial charge in [0.05, 0.1) is 34.9 Å². The van der Waals surface area contributed by atoms with Gasteiger partial charge in [0.2, 0.25) is 5.95 Å². The number of hydrogen-bond acceptors (Lipinski definition) is 6. The molecule has 182 valence electrons. The van der Waals surface area contributed by atoms with Crippen LogP contribution in [0.2, 0.25) is 0 Å². The molecule has 5 aromatic rings. The van der Waals surface area contributed by atoms with Crippen LogP contribution in [0.5, 0.6) is 5.75 Å². The molecule has 1 unspecified atom stereocenters. The van der Waals surface area contributed by atoms with Crippen LogP contribution in [0.1, 0.15) is 57.7 Å². The minimum atomic E-state index is -0.354. The number of ether oxygens (including phenoxy) is 1. The Bertz CT molecular complexity index is 1670. The van der Waals surface area contributed by atoms with Gasteiger partial charge >= 0.3 is 5.69 Å². The molecular formula is C27H27N7O2. The molecule has 0 spiro atoms. The molecule has 0 fully saturated rings. The third-order valence-electron chi connectivity index (χ3n) is 6.33. The molecule has 3 heterocycles. The van der Waals surface area contributed by atoms with E-state index in [1.807, 2.05) is 31.2 Å². The Balaban J connectivity index is 1.61. The van der Waals surface area contributed by atoms with E-state index in [2.05, 4.69) is 41.8 Å². The third kappa shape index (κ3) is 4.11. The second-order valence-corrected chi connectivity index (χ2v) is 9.46. The third-order valence-corrected chi connectivity index (χ3v) is 6.33. The summed E-state index contributed by atoms with van der Waals surface area (Å²) >= 11 is 0. The molecule has 1 N–H and O–H groups in total. The second-order valence-electron chi connectivity index (χ2n) is 9.46. The SMILES string of the molecule is CCCC(C)(C)Oc1ccccc1C(C)n1c(=O)[nH]c2cnc(-n3cnc4ccc(C#N)cc43)nc21. The van der Waals surface area contributed by atoms with Crippen molar-refractivity contribution in [2.75, 3.05) is 0 Å². The van der Waals surface area contributed by atoms with Gasteiger partial charge in [-0.1, -0.05) is 31.5 Å². The van der Waals surface area contributed by atoms with Crippen LogP contribution < -0.4 is 10.4 Å². The average Bonchev–Trinajstić information content (AvgIpc) is 3.42. The van der Waals surface area contributed by atoms with Gasteiger partial charge < -0.3 is 9.72 Å². The molecule has 0 radical (unpaired) electrons. The average molecular weight is 482 g/mol. The number of benzene rings is 2. The number of nitrogens with zero attached hydrogens (tertiary/aromatic N) is 6. The number of aromatic amines is 1. The van der Waals surface area contributed by atoms with Crippen LogP contribution in [-0.4, -0.2) is 34.7 Å². The molecule has 9 heteroatoms. The van der Waals surface area contributed by atoms with Gasteiger partial charge in [-0.05, 0) is 51.5 Å². The molecule has 0 amide bonds. The Hall–Kier alpha value is -4.45. The lowest BCUT2D eigenvalue weighted by Crippen LogP contribution is -2.29. The van der Waals surface area contributed by atoms with Gasteiger partial charge in [0.1, 0.15) is 23.2 Å². The molecule has 3 aromatic heterocycles. The summed E-state index contributed by atoms with van der Waals surface area (Å²) in [5.41, 5.74) is 3.21. The highest BCUT2D eigenvalue weighted by molar-refractivity contribution is 5.79. The zero-order valence-corrected chi connectivity index (χ0v) is 20.7. The van der Waals surface area contributed by atoms with Crippen molar-refractivity contribution >= 4 is 22.2 Å². The summed E-state index contributed by atoms with van der Waals surface area (Å²) in [5.74, 6) is 1.09. The van der Waals surface area contributed by atoms with Crippen molar-refractivity contribution in [1.29, 1.82) is 5.26 Å². The second kappa shape index (κ2) is 8.96. The smallest absolute Gasteiger partial charge is 0.328 e. The molecular weight excluding hydrogens is 454 g/mol. The van der Waals surface area contributed by atoms with E-state index < -0.39 is 0 Å². The van der Waals surface area contributed by atoms with Gasteiger partial charge in [-0.3, -0.25) is 9.13 Å². The van der Waals surface area contributed by atoms with Gasteiger partial charge in [-0.15, -0.1) is 0 Å². The van der Waals surface area contributed by atoms with Crippen molar-refractivity contribution in [3.8, 4) is 17.8 Å². The summed E-state index contributed by atoms with van der Waals surface area (Å²) in [6, 6.07) is 14.8. The first-order valence-corrected chi connectivity index (χ1v) is 11.9. The molecule has 0 saturated heterocycles. The van der Waals surface area contributed by atoms with Gasteiger partial charge in [0, 0.05) is 5.56 Å². The van der Waals surface area contributed by atoms with Crippen LogP contribution in [0.4, 0.5) is 0 Å². The molecule has 0 saturated carbocycles. The number of nitriles is 1. The molecule has 2 aromatic carbocycles. The van der Waals surface area contributed by atoms with E-state index in [1.165, 1.54) is 0 Å². The fourth-order valence-electron chi connectivity index (χ4n) is 4.63.